The third kappa shape index (κ3) is 2.56. The van der Waals surface area contributed by atoms with Crippen molar-refractivity contribution in [2.75, 3.05) is 6.54 Å². The standard InChI is InChI=1S/C15H22N2O/c1-15(2,3)13(16)14(18)17-9-8-11-6-4-5-7-12(11)10-17/h4-7,13H,8-10,16H2,1-3H3/t13-/m0/s1. The second-order valence-electron chi connectivity index (χ2n) is 6.12. The molecule has 1 aromatic carbocycles. The van der Waals surface area contributed by atoms with Gasteiger partial charge in [0.15, 0.2) is 0 Å². The van der Waals surface area contributed by atoms with Gasteiger partial charge >= 0.3 is 0 Å². The first-order valence-electron chi connectivity index (χ1n) is 6.51. The van der Waals surface area contributed by atoms with Gasteiger partial charge in [0, 0.05) is 13.1 Å². The van der Waals surface area contributed by atoms with E-state index in [-0.39, 0.29) is 11.3 Å². The molecule has 98 valence electrons. The minimum atomic E-state index is -0.428. The lowest BCUT2D eigenvalue weighted by atomic mass is 9.86. The highest BCUT2D eigenvalue weighted by atomic mass is 16.2. The van der Waals surface area contributed by atoms with Gasteiger partial charge < -0.3 is 10.6 Å². The summed E-state index contributed by atoms with van der Waals surface area (Å²) in [6.45, 7) is 7.49. The van der Waals surface area contributed by atoms with Crippen LogP contribution < -0.4 is 5.73 Å². The van der Waals surface area contributed by atoms with Gasteiger partial charge in [-0.1, -0.05) is 45.0 Å². The van der Waals surface area contributed by atoms with Crippen molar-refractivity contribution in [3.05, 3.63) is 35.4 Å². The van der Waals surface area contributed by atoms with Gasteiger partial charge in [0.25, 0.3) is 0 Å². The van der Waals surface area contributed by atoms with Crippen molar-refractivity contribution in [2.45, 2.75) is 39.8 Å². The van der Waals surface area contributed by atoms with Crippen LogP contribution in [0.1, 0.15) is 31.9 Å². The molecular weight excluding hydrogens is 224 g/mol. The number of nitrogens with two attached hydrogens (primary N) is 1. The molecule has 1 amide bonds. The van der Waals surface area contributed by atoms with Gasteiger partial charge in [-0.3, -0.25) is 4.79 Å². The lowest BCUT2D eigenvalue weighted by Crippen LogP contribution is -2.51. The fourth-order valence-electron chi connectivity index (χ4n) is 2.25. The van der Waals surface area contributed by atoms with Crippen LogP contribution in [0.15, 0.2) is 24.3 Å². The van der Waals surface area contributed by atoms with Crippen LogP contribution in [0.2, 0.25) is 0 Å². The van der Waals surface area contributed by atoms with Gasteiger partial charge in [-0.25, -0.2) is 0 Å². The first-order chi connectivity index (χ1) is 8.39. The fourth-order valence-corrected chi connectivity index (χ4v) is 2.25. The largest absolute Gasteiger partial charge is 0.337 e. The molecule has 18 heavy (non-hydrogen) atoms. The van der Waals surface area contributed by atoms with E-state index in [2.05, 4.69) is 18.2 Å². The van der Waals surface area contributed by atoms with E-state index in [1.165, 1.54) is 11.1 Å². The molecule has 1 aromatic rings. The molecular formula is C15H22N2O. The van der Waals surface area contributed by atoms with E-state index >= 15 is 0 Å². The third-order valence-electron chi connectivity index (χ3n) is 3.64. The van der Waals surface area contributed by atoms with Crippen molar-refractivity contribution >= 4 is 5.91 Å². The maximum absolute atomic E-state index is 12.4. The number of amides is 1. The molecule has 0 aromatic heterocycles. The lowest BCUT2D eigenvalue weighted by Gasteiger charge is -2.34. The Labute approximate surface area is 109 Å². The highest BCUT2D eigenvalue weighted by Gasteiger charge is 2.32. The maximum Gasteiger partial charge on any atom is 0.240 e. The van der Waals surface area contributed by atoms with Crippen molar-refractivity contribution in [1.29, 1.82) is 0 Å². The summed E-state index contributed by atoms with van der Waals surface area (Å²) in [6, 6.07) is 7.88. The first-order valence-corrected chi connectivity index (χ1v) is 6.51. The molecule has 0 saturated heterocycles. The number of rotatable bonds is 1. The van der Waals surface area contributed by atoms with E-state index < -0.39 is 6.04 Å². The molecule has 0 unspecified atom stereocenters. The predicted molar refractivity (Wildman–Crippen MR) is 73.0 cm³/mol. The van der Waals surface area contributed by atoms with Gasteiger partial charge in [0.1, 0.15) is 0 Å². The summed E-state index contributed by atoms with van der Waals surface area (Å²) in [6.07, 6.45) is 0.929. The molecule has 3 heteroatoms. The van der Waals surface area contributed by atoms with Crippen molar-refractivity contribution < 1.29 is 4.79 Å². The van der Waals surface area contributed by atoms with Gasteiger partial charge in [-0.05, 0) is 23.0 Å². The molecule has 1 aliphatic heterocycles. The molecule has 3 nitrogen and oxygen atoms in total. The second-order valence-corrected chi connectivity index (χ2v) is 6.12. The van der Waals surface area contributed by atoms with Crippen LogP contribution in [0, 0.1) is 5.41 Å². The first kappa shape index (κ1) is 13.1. The number of nitrogens with zero attached hydrogens (tertiary/aromatic N) is 1. The molecule has 0 spiro atoms. The minimum Gasteiger partial charge on any atom is -0.337 e. The summed E-state index contributed by atoms with van der Waals surface area (Å²) >= 11 is 0. The summed E-state index contributed by atoms with van der Waals surface area (Å²) in [7, 11) is 0. The zero-order chi connectivity index (χ0) is 13.3. The number of benzene rings is 1. The van der Waals surface area contributed by atoms with Crippen molar-refractivity contribution in [3.63, 3.8) is 0 Å². The van der Waals surface area contributed by atoms with Crippen LogP contribution in [0.25, 0.3) is 0 Å². The van der Waals surface area contributed by atoms with Crippen LogP contribution in [0.3, 0.4) is 0 Å². The molecule has 1 atom stereocenters. The summed E-state index contributed by atoms with van der Waals surface area (Å²) < 4.78 is 0. The van der Waals surface area contributed by atoms with E-state index in [0.717, 1.165) is 13.0 Å². The average Bonchev–Trinajstić information content (AvgIpc) is 2.35. The number of fused-ring (bicyclic) bond motifs is 1. The van der Waals surface area contributed by atoms with Gasteiger partial charge in [0.05, 0.1) is 6.04 Å². The normalized spacial score (nSPS) is 17.2. The molecule has 0 aliphatic carbocycles. The number of carbonyl (C=O) groups excluding carboxylic acids is 1. The van der Waals surface area contributed by atoms with E-state index in [1.54, 1.807) is 0 Å². The number of carbonyl (C=O) groups is 1. The van der Waals surface area contributed by atoms with E-state index in [9.17, 15) is 4.79 Å². The molecule has 0 radical (unpaired) electrons. The van der Waals surface area contributed by atoms with Crippen molar-refractivity contribution in [1.82, 2.24) is 4.90 Å². The molecule has 1 heterocycles. The number of hydrogen-bond donors (Lipinski definition) is 1. The third-order valence-corrected chi connectivity index (χ3v) is 3.64. The van der Waals surface area contributed by atoms with Crippen LogP contribution in [0.5, 0.6) is 0 Å². The quantitative estimate of drug-likeness (QED) is 0.823. The maximum atomic E-state index is 12.4. The Morgan fingerprint density at radius 3 is 2.50 bits per heavy atom. The molecule has 0 saturated carbocycles. The van der Waals surface area contributed by atoms with Crippen molar-refractivity contribution in [3.8, 4) is 0 Å². The monoisotopic (exact) mass is 246 g/mol. The van der Waals surface area contributed by atoms with Crippen LogP contribution in [-0.2, 0) is 17.8 Å². The van der Waals surface area contributed by atoms with E-state index in [0.29, 0.717) is 6.54 Å². The Bertz CT molecular complexity index is 448. The Morgan fingerprint density at radius 1 is 1.28 bits per heavy atom. The Hall–Kier alpha value is -1.35. The Kier molecular flexibility index (Phi) is 3.44. The second kappa shape index (κ2) is 4.73. The predicted octanol–water partition coefficient (Wildman–Crippen LogP) is 1.94. The zero-order valence-electron chi connectivity index (χ0n) is 11.4. The molecule has 2 N–H and O–H groups in total. The summed E-state index contributed by atoms with van der Waals surface area (Å²) in [5.41, 5.74) is 8.47. The Morgan fingerprint density at radius 2 is 1.89 bits per heavy atom. The highest BCUT2D eigenvalue weighted by molar-refractivity contribution is 5.82. The summed E-state index contributed by atoms with van der Waals surface area (Å²) in [5.74, 6) is 0.0667. The number of hydrogen-bond acceptors (Lipinski definition) is 2. The van der Waals surface area contributed by atoms with Gasteiger partial charge in [0.2, 0.25) is 5.91 Å². The molecule has 0 bridgehead atoms. The minimum absolute atomic E-state index is 0.0667. The van der Waals surface area contributed by atoms with Crippen LogP contribution in [0.4, 0.5) is 0 Å². The van der Waals surface area contributed by atoms with Gasteiger partial charge in [-0.2, -0.15) is 0 Å². The van der Waals surface area contributed by atoms with Crippen LogP contribution in [-0.4, -0.2) is 23.4 Å². The lowest BCUT2D eigenvalue weighted by molar-refractivity contribution is -0.135. The molecule has 1 aliphatic rings. The van der Waals surface area contributed by atoms with Crippen molar-refractivity contribution in [2.24, 2.45) is 11.1 Å². The fraction of sp³-hybridized carbons (Fsp3) is 0.533. The van der Waals surface area contributed by atoms with Gasteiger partial charge in [-0.15, -0.1) is 0 Å². The smallest absolute Gasteiger partial charge is 0.240 e. The average molecular weight is 246 g/mol. The summed E-state index contributed by atoms with van der Waals surface area (Å²) in [5, 5.41) is 0. The molecule has 2 rings (SSSR count). The Balaban J connectivity index is 2.12. The topological polar surface area (TPSA) is 46.3 Å². The summed E-state index contributed by atoms with van der Waals surface area (Å²) in [4.78, 5) is 14.2. The van der Waals surface area contributed by atoms with E-state index in [4.69, 9.17) is 5.73 Å². The van der Waals surface area contributed by atoms with E-state index in [1.807, 2.05) is 31.7 Å². The zero-order valence-corrected chi connectivity index (χ0v) is 11.4. The SMILES string of the molecule is CC(C)(C)[C@@H](N)C(=O)N1CCc2ccccc2C1. The van der Waals surface area contributed by atoms with Crippen LogP contribution >= 0.6 is 0 Å². The highest BCUT2D eigenvalue weighted by Crippen LogP contribution is 2.23. The molecule has 0 fully saturated rings.